The average molecular weight is 358 g/mol. The third-order valence-corrected chi connectivity index (χ3v) is 2.81. The molecule has 0 rings (SSSR count). The van der Waals surface area contributed by atoms with Crippen LogP contribution in [-0.2, 0) is 9.59 Å². The van der Waals surface area contributed by atoms with Crippen molar-refractivity contribution in [3.05, 3.63) is 0 Å². The molecule has 0 bridgehead atoms. The van der Waals surface area contributed by atoms with E-state index in [-0.39, 0.29) is 6.42 Å². The molecule has 1 atom stereocenters. The second-order valence-corrected chi connectivity index (χ2v) is 4.56. The van der Waals surface area contributed by atoms with Gasteiger partial charge in [-0.15, -0.1) is 0 Å². The molecule has 0 aromatic heterocycles. The molecule has 136 valence electrons. The first-order valence-corrected chi connectivity index (χ1v) is 6.16. The molecule has 1 unspecified atom stereocenters. The molecule has 4 nitrogen and oxygen atoms in total. The molecule has 0 heterocycles. The average Bonchev–Trinajstić information content (AvgIpc) is 2.41. The predicted molar refractivity (Wildman–Crippen MR) is 57.3 cm³/mol. The van der Waals surface area contributed by atoms with Gasteiger partial charge in [-0.3, -0.25) is 4.79 Å². The third kappa shape index (κ3) is 4.22. The van der Waals surface area contributed by atoms with E-state index in [0.29, 0.717) is 6.42 Å². The van der Waals surface area contributed by atoms with E-state index in [9.17, 15) is 49.8 Å². The number of hydrogen-bond acceptors (Lipinski definition) is 3. The number of hydrogen-bond donors (Lipinski definition) is 1. The van der Waals surface area contributed by atoms with Gasteiger partial charge in [-0.1, -0.05) is 19.8 Å². The lowest BCUT2D eigenvalue weighted by molar-refractivity contribution is -0.328. The lowest BCUT2D eigenvalue weighted by Crippen LogP contribution is -2.64. The van der Waals surface area contributed by atoms with Crippen molar-refractivity contribution in [3.8, 4) is 0 Å². The molecule has 0 spiro atoms. The lowest BCUT2D eigenvalue weighted by Gasteiger charge is -2.32. The van der Waals surface area contributed by atoms with E-state index >= 15 is 0 Å². The van der Waals surface area contributed by atoms with E-state index in [4.69, 9.17) is 0 Å². The van der Waals surface area contributed by atoms with Gasteiger partial charge < -0.3 is 15.2 Å². The Balaban J connectivity index is 5.40. The smallest absolute Gasteiger partial charge is 0.392 e. The zero-order valence-corrected chi connectivity index (χ0v) is 11.5. The van der Waals surface area contributed by atoms with Crippen LogP contribution in [-0.4, -0.2) is 42.1 Å². The number of carboxylic acids is 1. The number of nitrogens with one attached hydrogen (secondary N) is 1. The molecule has 0 aliphatic heterocycles. The van der Waals surface area contributed by atoms with Gasteiger partial charge in [-0.05, 0) is 6.42 Å². The summed E-state index contributed by atoms with van der Waals surface area (Å²) in [7, 11) is 0. The van der Waals surface area contributed by atoms with Crippen LogP contribution < -0.4 is 10.4 Å². The van der Waals surface area contributed by atoms with E-state index in [2.05, 4.69) is 0 Å². The summed E-state index contributed by atoms with van der Waals surface area (Å²) in [6, 6.07) is -2.16. The Hall–Kier alpha value is -1.62. The Morgan fingerprint density at radius 2 is 1.57 bits per heavy atom. The van der Waals surface area contributed by atoms with E-state index in [1.54, 1.807) is 6.92 Å². The molecular formula is C11H12F8NO3-. The zero-order valence-electron chi connectivity index (χ0n) is 11.5. The molecule has 1 N–H and O–H groups in total. The lowest BCUT2D eigenvalue weighted by atomic mass is 10.0. The fourth-order valence-corrected chi connectivity index (χ4v) is 1.40. The van der Waals surface area contributed by atoms with Crippen LogP contribution in [0.2, 0.25) is 0 Å². The van der Waals surface area contributed by atoms with Crippen molar-refractivity contribution in [2.75, 3.05) is 0 Å². The highest BCUT2D eigenvalue weighted by Gasteiger charge is 2.78. The molecule has 0 aromatic carbocycles. The standard InChI is InChI=1S/C11H13F8NO3/c1-2-3-4-5(6(21)22)20-8(23)10(16,17)11(18,19)9(14,15)7(12)13/h5,7H,2-4H2,1H3,(H,20,23)(H,21,22)/p-1. The Bertz CT molecular complexity index is 441. The van der Waals surface area contributed by atoms with Gasteiger partial charge in [-0.25, -0.2) is 8.78 Å². The van der Waals surface area contributed by atoms with Gasteiger partial charge in [0.05, 0.1) is 12.0 Å². The van der Waals surface area contributed by atoms with E-state index in [0.717, 1.165) is 5.32 Å². The second-order valence-electron chi connectivity index (χ2n) is 4.56. The van der Waals surface area contributed by atoms with Crippen molar-refractivity contribution in [1.82, 2.24) is 5.32 Å². The number of unbranched alkanes of at least 4 members (excludes halogenated alkanes) is 1. The summed E-state index contributed by atoms with van der Waals surface area (Å²) in [5.41, 5.74) is 0. The van der Waals surface area contributed by atoms with Crippen molar-refractivity contribution < 1.29 is 49.8 Å². The van der Waals surface area contributed by atoms with Crippen molar-refractivity contribution in [2.45, 2.75) is 56.4 Å². The number of rotatable bonds is 9. The Labute approximate surface area is 124 Å². The van der Waals surface area contributed by atoms with E-state index in [1.807, 2.05) is 0 Å². The van der Waals surface area contributed by atoms with Gasteiger partial charge in [-0.2, -0.15) is 26.3 Å². The van der Waals surface area contributed by atoms with Crippen LogP contribution in [0.5, 0.6) is 0 Å². The highest BCUT2D eigenvalue weighted by Crippen LogP contribution is 2.48. The maximum Gasteiger partial charge on any atom is 0.392 e. The molecule has 1 amide bonds. The highest BCUT2D eigenvalue weighted by molar-refractivity contribution is 5.88. The fourth-order valence-electron chi connectivity index (χ4n) is 1.40. The van der Waals surface area contributed by atoms with E-state index < -0.39 is 48.5 Å². The summed E-state index contributed by atoms with van der Waals surface area (Å²) in [5, 5.41) is 11.5. The number of carbonyl (C=O) groups excluding carboxylic acids is 2. The molecule has 0 fully saturated rings. The third-order valence-electron chi connectivity index (χ3n) is 2.81. The molecule has 23 heavy (non-hydrogen) atoms. The first-order valence-electron chi connectivity index (χ1n) is 6.16. The van der Waals surface area contributed by atoms with Crippen molar-refractivity contribution in [1.29, 1.82) is 0 Å². The van der Waals surface area contributed by atoms with Crippen LogP contribution >= 0.6 is 0 Å². The van der Waals surface area contributed by atoms with Gasteiger partial charge in [0.2, 0.25) is 0 Å². The molecule has 12 heteroatoms. The quantitative estimate of drug-likeness (QED) is 0.637. The maximum atomic E-state index is 13.2. The van der Waals surface area contributed by atoms with Gasteiger partial charge in [0.1, 0.15) is 0 Å². The maximum absolute atomic E-state index is 13.2. The van der Waals surface area contributed by atoms with Crippen molar-refractivity contribution in [3.63, 3.8) is 0 Å². The Kier molecular flexibility index (Phi) is 6.79. The van der Waals surface area contributed by atoms with Crippen LogP contribution in [0.15, 0.2) is 0 Å². The number of carbonyl (C=O) groups is 2. The summed E-state index contributed by atoms with van der Waals surface area (Å²) in [6.07, 6.45) is -5.30. The Morgan fingerprint density at radius 1 is 1.09 bits per heavy atom. The highest BCUT2D eigenvalue weighted by atomic mass is 19.4. The summed E-state index contributed by atoms with van der Waals surface area (Å²) in [4.78, 5) is 21.6. The number of halogens is 8. The molecule has 0 aliphatic rings. The second kappa shape index (κ2) is 7.30. The summed E-state index contributed by atoms with van der Waals surface area (Å²) in [6.45, 7) is 1.54. The number of aliphatic carboxylic acids is 1. The Morgan fingerprint density at radius 3 is 1.91 bits per heavy atom. The van der Waals surface area contributed by atoms with Gasteiger partial charge in [0.15, 0.2) is 0 Å². The summed E-state index contributed by atoms with van der Waals surface area (Å²) < 4.78 is 101. The van der Waals surface area contributed by atoms with E-state index in [1.165, 1.54) is 0 Å². The molecule has 0 aromatic rings. The van der Waals surface area contributed by atoms with Crippen LogP contribution in [0, 0.1) is 0 Å². The van der Waals surface area contributed by atoms with Crippen LogP contribution in [0.4, 0.5) is 35.1 Å². The largest absolute Gasteiger partial charge is 0.548 e. The fraction of sp³-hybridized carbons (Fsp3) is 0.818. The van der Waals surface area contributed by atoms with Crippen molar-refractivity contribution >= 4 is 11.9 Å². The minimum Gasteiger partial charge on any atom is -0.548 e. The predicted octanol–water partition coefficient (Wildman–Crippen LogP) is 1.58. The van der Waals surface area contributed by atoms with Crippen LogP contribution in [0.3, 0.4) is 0 Å². The molecule has 0 radical (unpaired) electrons. The molecule has 0 saturated carbocycles. The minimum atomic E-state index is -6.74. The summed E-state index contributed by atoms with van der Waals surface area (Å²) in [5.74, 6) is -24.7. The molecule has 0 aliphatic carbocycles. The monoisotopic (exact) mass is 358 g/mol. The van der Waals surface area contributed by atoms with Crippen LogP contribution in [0.1, 0.15) is 26.2 Å². The minimum absolute atomic E-state index is 0.0497. The SMILES string of the molecule is CCCCC(NC(=O)C(F)(F)C(F)(F)C(F)(F)C(F)F)C(=O)[O-]. The number of carboxylic acid groups (broad SMARTS) is 1. The van der Waals surface area contributed by atoms with Gasteiger partial charge >= 0.3 is 24.2 Å². The first kappa shape index (κ1) is 21.4. The molecular weight excluding hydrogens is 346 g/mol. The van der Waals surface area contributed by atoms with Gasteiger partial charge in [0, 0.05) is 0 Å². The van der Waals surface area contributed by atoms with Gasteiger partial charge in [0.25, 0.3) is 5.91 Å². The normalized spacial score (nSPS) is 14.7. The topological polar surface area (TPSA) is 69.2 Å². The first-order chi connectivity index (χ1) is 10.2. The molecule has 0 saturated heterocycles. The number of alkyl halides is 8. The van der Waals surface area contributed by atoms with Crippen molar-refractivity contribution in [2.24, 2.45) is 0 Å². The zero-order chi connectivity index (χ0) is 18.6. The number of amides is 1. The summed E-state index contributed by atoms with van der Waals surface area (Å²) >= 11 is 0. The van der Waals surface area contributed by atoms with Crippen LogP contribution in [0.25, 0.3) is 0 Å².